The second-order valence-corrected chi connectivity index (χ2v) is 5.55. The van der Waals surface area contributed by atoms with E-state index < -0.39 is 5.51 Å². The summed E-state index contributed by atoms with van der Waals surface area (Å²) in [6, 6.07) is 0.148. The van der Waals surface area contributed by atoms with E-state index in [4.69, 9.17) is 0 Å². The molecule has 0 bridgehead atoms. The monoisotopic (exact) mass is 269 g/mol. The summed E-state index contributed by atoms with van der Waals surface area (Å²) in [5.74, 6) is 0.170. The van der Waals surface area contributed by atoms with Crippen LogP contribution in [0.2, 0.25) is 0 Å². The Morgan fingerprint density at radius 1 is 1.41 bits per heavy atom. The van der Waals surface area contributed by atoms with E-state index in [2.05, 4.69) is 0 Å². The van der Waals surface area contributed by atoms with Crippen molar-refractivity contribution >= 4 is 17.5 Å². The molecule has 1 aliphatic rings. The number of carbonyl (C=O) groups is 1. The number of rotatable bonds is 5. The molecule has 1 unspecified atom stereocenters. The van der Waals surface area contributed by atoms with Crippen molar-refractivity contribution in [3.63, 3.8) is 0 Å². The lowest BCUT2D eigenvalue weighted by atomic mass is 9.98. The lowest BCUT2D eigenvalue weighted by Gasteiger charge is -2.35. The van der Waals surface area contributed by atoms with Gasteiger partial charge in [-0.25, -0.2) is 0 Å². The number of nitrogens with zero attached hydrogens (tertiary/aromatic N) is 1. The van der Waals surface area contributed by atoms with Crippen molar-refractivity contribution in [2.24, 2.45) is 0 Å². The summed E-state index contributed by atoms with van der Waals surface area (Å²) in [7, 11) is 0. The maximum absolute atomic E-state index is 12.0. The molecule has 0 saturated carbocycles. The van der Waals surface area contributed by atoms with Gasteiger partial charge in [0.15, 0.2) is 0 Å². The molecule has 0 aromatic rings. The Balaban J connectivity index is 2.35. The lowest BCUT2D eigenvalue weighted by Crippen LogP contribution is -2.41. The maximum atomic E-state index is 12.0. The van der Waals surface area contributed by atoms with Gasteiger partial charge in [0.1, 0.15) is 5.78 Å². The van der Waals surface area contributed by atoms with Gasteiger partial charge in [-0.2, -0.15) is 13.2 Å². The summed E-state index contributed by atoms with van der Waals surface area (Å²) in [5.41, 5.74) is -4.15. The molecule has 100 valence electrons. The van der Waals surface area contributed by atoms with Crippen molar-refractivity contribution in [3.8, 4) is 0 Å². The molecule has 1 fully saturated rings. The van der Waals surface area contributed by atoms with Crippen molar-refractivity contribution in [1.82, 2.24) is 4.90 Å². The second-order valence-electron chi connectivity index (χ2n) is 4.39. The average Bonchev–Trinajstić information content (AvgIpc) is 2.18. The van der Waals surface area contributed by atoms with E-state index in [0.717, 1.165) is 25.8 Å². The molecule has 1 rings (SSSR count). The fourth-order valence-electron chi connectivity index (χ4n) is 2.20. The molecular weight excluding hydrogens is 251 g/mol. The number of halogens is 3. The van der Waals surface area contributed by atoms with Crippen molar-refractivity contribution in [3.05, 3.63) is 0 Å². The molecule has 1 heterocycles. The first-order valence-corrected chi connectivity index (χ1v) is 6.81. The minimum Gasteiger partial charge on any atom is -0.300 e. The normalized spacial score (nSPS) is 22.7. The number of piperidine rings is 1. The second kappa shape index (κ2) is 6.64. The van der Waals surface area contributed by atoms with Gasteiger partial charge >= 0.3 is 5.51 Å². The molecule has 0 spiro atoms. The molecule has 1 aliphatic heterocycles. The topological polar surface area (TPSA) is 20.3 Å². The quantitative estimate of drug-likeness (QED) is 0.765. The van der Waals surface area contributed by atoms with Gasteiger partial charge in [0, 0.05) is 24.8 Å². The molecule has 0 amide bonds. The zero-order valence-corrected chi connectivity index (χ0v) is 10.7. The minimum absolute atomic E-state index is 0.0215. The predicted molar refractivity (Wildman–Crippen MR) is 63.0 cm³/mol. The summed E-state index contributed by atoms with van der Waals surface area (Å²) in [6.45, 7) is 2.77. The summed E-state index contributed by atoms with van der Waals surface area (Å²) in [6.07, 6.45) is 3.49. The lowest BCUT2D eigenvalue weighted by molar-refractivity contribution is -0.118. The van der Waals surface area contributed by atoms with E-state index in [1.165, 1.54) is 6.92 Å². The van der Waals surface area contributed by atoms with Crippen LogP contribution in [0, 0.1) is 0 Å². The van der Waals surface area contributed by atoms with E-state index in [9.17, 15) is 18.0 Å². The van der Waals surface area contributed by atoms with Crippen molar-refractivity contribution in [1.29, 1.82) is 0 Å². The summed E-state index contributed by atoms with van der Waals surface area (Å²) in [4.78, 5) is 13.1. The van der Waals surface area contributed by atoms with Gasteiger partial charge in [0.05, 0.1) is 0 Å². The van der Waals surface area contributed by atoms with Gasteiger partial charge in [-0.3, -0.25) is 9.69 Å². The number of carbonyl (C=O) groups excluding carboxylic acids is 1. The molecule has 0 radical (unpaired) electrons. The molecule has 6 heteroatoms. The number of Topliss-reactive ketones (excluding diaryl/α,β-unsaturated/α-hetero) is 1. The van der Waals surface area contributed by atoms with Crippen molar-refractivity contribution in [2.45, 2.75) is 44.2 Å². The fraction of sp³-hybridized carbons (Fsp3) is 0.909. The number of ketones is 1. The van der Waals surface area contributed by atoms with Crippen LogP contribution in [0.5, 0.6) is 0 Å². The Bertz CT molecular complexity index is 258. The van der Waals surface area contributed by atoms with Crippen molar-refractivity contribution in [2.75, 3.05) is 18.8 Å². The number of thioether (sulfide) groups is 1. The van der Waals surface area contributed by atoms with Gasteiger partial charge < -0.3 is 0 Å². The highest BCUT2D eigenvalue weighted by Crippen LogP contribution is 2.30. The zero-order chi connectivity index (χ0) is 12.9. The standard InChI is InChI=1S/C11H18F3NOS/c1-9(16)8-10-4-2-3-5-15(10)6-7-17-11(12,13)14/h10H,2-8H2,1H3. The zero-order valence-electron chi connectivity index (χ0n) is 9.92. The van der Waals surface area contributed by atoms with E-state index in [-0.39, 0.29) is 29.3 Å². The van der Waals surface area contributed by atoms with Gasteiger partial charge in [-0.1, -0.05) is 6.42 Å². The Morgan fingerprint density at radius 3 is 2.71 bits per heavy atom. The Labute approximate surface area is 104 Å². The average molecular weight is 269 g/mol. The van der Waals surface area contributed by atoms with Crippen LogP contribution in [-0.2, 0) is 4.79 Å². The molecule has 17 heavy (non-hydrogen) atoms. The van der Waals surface area contributed by atoms with E-state index in [1.54, 1.807) is 0 Å². The van der Waals surface area contributed by atoms with E-state index >= 15 is 0 Å². The molecule has 0 N–H and O–H groups in total. The van der Waals surface area contributed by atoms with Crippen LogP contribution in [0.25, 0.3) is 0 Å². The minimum atomic E-state index is -4.15. The van der Waals surface area contributed by atoms with Gasteiger partial charge in [0.2, 0.25) is 0 Å². The Morgan fingerprint density at radius 2 is 2.12 bits per heavy atom. The highest BCUT2D eigenvalue weighted by Gasteiger charge is 2.29. The van der Waals surface area contributed by atoms with Crippen LogP contribution in [0.4, 0.5) is 13.2 Å². The smallest absolute Gasteiger partial charge is 0.300 e. The molecule has 2 nitrogen and oxygen atoms in total. The van der Waals surface area contributed by atoms with Crippen LogP contribution in [0.3, 0.4) is 0 Å². The third-order valence-electron chi connectivity index (χ3n) is 2.92. The van der Waals surface area contributed by atoms with Crippen LogP contribution in [-0.4, -0.2) is 41.1 Å². The van der Waals surface area contributed by atoms with Gasteiger partial charge in [-0.15, -0.1) is 0 Å². The largest absolute Gasteiger partial charge is 0.441 e. The Kier molecular flexibility index (Phi) is 5.79. The Hall–Kier alpha value is -0.230. The van der Waals surface area contributed by atoms with Crippen LogP contribution in [0.15, 0.2) is 0 Å². The first kappa shape index (κ1) is 14.8. The summed E-state index contributed by atoms with van der Waals surface area (Å²) in [5, 5.41) is 0. The molecule has 0 aromatic carbocycles. The van der Waals surface area contributed by atoms with Gasteiger partial charge in [0.25, 0.3) is 0 Å². The highest BCUT2D eigenvalue weighted by atomic mass is 32.2. The third kappa shape index (κ3) is 6.31. The molecule has 1 saturated heterocycles. The number of likely N-dealkylation sites (tertiary alicyclic amines) is 1. The van der Waals surface area contributed by atoms with E-state index in [1.807, 2.05) is 4.90 Å². The summed E-state index contributed by atoms with van der Waals surface area (Å²) < 4.78 is 36.0. The molecule has 0 aromatic heterocycles. The molecule has 1 atom stereocenters. The molecule has 0 aliphatic carbocycles. The molecular formula is C11H18F3NOS. The number of hydrogen-bond donors (Lipinski definition) is 0. The SMILES string of the molecule is CC(=O)CC1CCCCN1CCSC(F)(F)F. The van der Waals surface area contributed by atoms with Crippen molar-refractivity contribution < 1.29 is 18.0 Å². The maximum Gasteiger partial charge on any atom is 0.441 e. The summed E-state index contributed by atoms with van der Waals surface area (Å²) >= 11 is 0.0215. The van der Waals surface area contributed by atoms with Gasteiger partial charge in [-0.05, 0) is 38.1 Å². The first-order chi connectivity index (χ1) is 7.88. The van der Waals surface area contributed by atoms with Crippen LogP contribution in [0.1, 0.15) is 32.6 Å². The number of alkyl halides is 3. The predicted octanol–water partition coefficient (Wildman–Crippen LogP) is 3.07. The third-order valence-corrected chi connectivity index (χ3v) is 3.63. The van der Waals surface area contributed by atoms with Crippen LogP contribution >= 0.6 is 11.8 Å². The van der Waals surface area contributed by atoms with Crippen LogP contribution < -0.4 is 0 Å². The highest BCUT2D eigenvalue weighted by molar-refractivity contribution is 8.00. The van der Waals surface area contributed by atoms with E-state index in [0.29, 0.717) is 13.0 Å². The number of hydrogen-bond acceptors (Lipinski definition) is 3. The fourth-order valence-corrected chi connectivity index (χ4v) is 2.75. The first-order valence-electron chi connectivity index (χ1n) is 5.82.